The summed E-state index contributed by atoms with van der Waals surface area (Å²) in [6.45, 7) is 0.426. The molecule has 1 aromatic heterocycles. The zero-order valence-corrected chi connectivity index (χ0v) is 11.0. The third-order valence-corrected chi connectivity index (χ3v) is 3.47. The number of carboxylic acid groups (broad SMARTS) is 1. The van der Waals surface area contributed by atoms with Gasteiger partial charge in [-0.2, -0.15) is 5.10 Å². The van der Waals surface area contributed by atoms with Gasteiger partial charge >= 0.3 is 5.97 Å². The molecule has 19 heavy (non-hydrogen) atoms. The lowest BCUT2D eigenvalue weighted by atomic mass is 10.2. The maximum Gasteiger partial charge on any atom is 0.354 e. The van der Waals surface area contributed by atoms with E-state index in [4.69, 9.17) is 11.6 Å². The Morgan fingerprint density at radius 1 is 1.42 bits per heavy atom. The molecular formula is C14H13ClN2O2. The second kappa shape index (κ2) is 4.70. The van der Waals surface area contributed by atoms with Gasteiger partial charge in [0.15, 0.2) is 0 Å². The van der Waals surface area contributed by atoms with Crippen molar-refractivity contribution >= 4 is 17.6 Å². The number of aromatic nitrogens is 2. The Morgan fingerprint density at radius 2 is 2.21 bits per heavy atom. The van der Waals surface area contributed by atoms with Crippen molar-refractivity contribution in [2.45, 2.75) is 25.3 Å². The highest BCUT2D eigenvalue weighted by atomic mass is 35.5. The number of aromatic carboxylic acids is 1. The number of nitrogens with zero attached hydrogens (tertiary/aromatic N) is 2. The van der Waals surface area contributed by atoms with Gasteiger partial charge in [-0.3, -0.25) is 4.68 Å². The lowest BCUT2D eigenvalue weighted by Crippen LogP contribution is -2.10. The van der Waals surface area contributed by atoms with Gasteiger partial charge in [-0.05, 0) is 36.6 Å². The number of carbonyl (C=O) groups is 1. The molecule has 0 amide bonds. The van der Waals surface area contributed by atoms with E-state index in [2.05, 4.69) is 5.10 Å². The summed E-state index contributed by atoms with van der Waals surface area (Å²) >= 11 is 5.93. The summed E-state index contributed by atoms with van der Waals surface area (Å²) in [4.78, 5) is 11.2. The van der Waals surface area contributed by atoms with Gasteiger partial charge in [0.25, 0.3) is 0 Å². The van der Waals surface area contributed by atoms with Gasteiger partial charge in [0, 0.05) is 10.9 Å². The molecule has 98 valence electrons. The summed E-state index contributed by atoms with van der Waals surface area (Å²) in [6, 6.07) is 9.07. The molecule has 1 aromatic carbocycles. The van der Waals surface area contributed by atoms with Gasteiger partial charge in [-0.1, -0.05) is 23.7 Å². The van der Waals surface area contributed by atoms with Crippen LogP contribution in [-0.2, 0) is 6.54 Å². The van der Waals surface area contributed by atoms with Crippen LogP contribution in [0.2, 0.25) is 5.02 Å². The van der Waals surface area contributed by atoms with Crippen LogP contribution in [0.3, 0.4) is 0 Å². The molecule has 1 saturated carbocycles. The van der Waals surface area contributed by atoms with E-state index in [0.29, 0.717) is 17.5 Å². The fraction of sp³-hybridized carbons (Fsp3) is 0.286. The molecule has 1 aliphatic rings. The highest BCUT2D eigenvalue weighted by Gasteiger charge is 2.28. The largest absolute Gasteiger partial charge is 0.477 e. The van der Waals surface area contributed by atoms with E-state index >= 15 is 0 Å². The normalized spacial score (nSPS) is 14.6. The summed E-state index contributed by atoms with van der Waals surface area (Å²) in [5.41, 5.74) is 2.07. The minimum absolute atomic E-state index is 0.238. The molecule has 1 heterocycles. The molecule has 1 fully saturated rings. The Hall–Kier alpha value is -1.81. The van der Waals surface area contributed by atoms with E-state index in [1.165, 1.54) is 0 Å². The predicted octanol–water partition coefficient (Wildman–Crippen LogP) is 3.16. The van der Waals surface area contributed by atoms with E-state index in [9.17, 15) is 9.90 Å². The van der Waals surface area contributed by atoms with Gasteiger partial charge < -0.3 is 5.11 Å². The fourth-order valence-electron chi connectivity index (χ4n) is 2.12. The molecule has 5 heteroatoms. The first-order valence-electron chi connectivity index (χ1n) is 6.19. The van der Waals surface area contributed by atoms with Crippen LogP contribution >= 0.6 is 11.6 Å². The van der Waals surface area contributed by atoms with Crippen molar-refractivity contribution in [3.05, 3.63) is 52.3 Å². The van der Waals surface area contributed by atoms with Gasteiger partial charge in [-0.15, -0.1) is 0 Å². The third-order valence-electron chi connectivity index (χ3n) is 3.23. The first-order valence-corrected chi connectivity index (χ1v) is 6.57. The molecule has 1 N–H and O–H groups in total. The van der Waals surface area contributed by atoms with Gasteiger partial charge in [0.05, 0.1) is 12.2 Å². The average Bonchev–Trinajstić information content (AvgIpc) is 3.11. The van der Waals surface area contributed by atoms with Crippen molar-refractivity contribution in [1.82, 2.24) is 9.78 Å². The topological polar surface area (TPSA) is 55.1 Å². The lowest BCUT2D eigenvalue weighted by Gasteiger charge is -2.05. The fourth-order valence-corrected chi connectivity index (χ4v) is 2.33. The standard InChI is InChI=1S/C14H13ClN2O2/c15-11-3-1-2-9(6-11)8-17-13(14(18)19)7-12(16-17)10-4-5-10/h1-3,6-7,10H,4-5,8H2,(H,18,19). The Bertz CT molecular complexity index is 632. The first-order chi connectivity index (χ1) is 9.13. The second-order valence-electron chi connectivity index (χ2n) is 4.82. The molecule has 0 bridgehead atoms. The number of halogens is 1. The Balaban J connectivity index is 1.92. The van der Waals surface area contributed by atoms with E-state index in [1.807, 2.05) is 18.2 Å². The van der Waals surface area contributed by atoms with Crippen molar-refractivity contribution in [1.29, 1.82) is 0 Å². The zero-order valence-electron chi connectivity index (χ0n) is 10.2. The van der Waals surface area contributed by atoms with Crippen LogP contribution in [-0.4, -0.2) is 20.9 Å². The smallest absolute Gasteiger partial charge is 0.354 e. The molecule has 0 radical (unpaired) electrons. The number of benzene rings is 1. The molecule has 0 spiro atoms. The molecule has 0 unspecified atom stereocenters. The van der Waals surface area contributed by atoms with Crippen molar-refractivity contribution in [2.24, 2.45) is 0 Å². The van der Waals surface area contributed by atoms with Crippen LogP contribution < -0.4 is 0 Å². The Kier molecular flexibility index (Phi) is 3.03. The maximum absolute atomic E-state index is 11.2. The molecule has 1 aliphatic carbocycles. The maximum atomic E-state index is 11.2. The molecule has 2 aromatic rings. The van der Waals surface area contributed by atoms with Crippen molar-refractivity contribution < 1.29 is 9.90 Å². The summed E-state index contributed by atoms with van der Waals surface area (Å²) in [5, 5.41) is 14.3. The molecule has 4 nitrogen and oxygen atoms in total. The molecule has 0 saturated heterocycles. The van der Waals surface area contributed by atoms with Crippen LogP contribution in [0.1, 0.15) is 40.5 Å². The van der Waals surface area contributed by atoms with Crippen molar-refractivity contribution in [3.8, 4) is 0 Å². The second-order valence-corrected chi connectivity index (χ2v) is 5.26. The van der Waals surface area contributed by atoms with E-state index in [1.54, 1.807) is 16.8 Å². The van der Waals surface area contributed by atoms with Gasteiger partial charge in [0.1, 0.15) is 5.69 Å². The minimum atomic E-state index is -0.943. The van der Waals surface area contributed by atoms with Crippen LogP contribution in [0, 0.1) is 0 Å². The quantitative estimate of drug-likeness (QED) is 0.933. The monoisotopic (exact) mass is 276 g/mol. The van der Waals surface area contributed by atoms with E-state index in [0.717, 1.165) is 24.1 Å². The molecule has 3 rings (SSSR count). The molecule has 0 atom stereocenters. The number of hydrogen-bond donors (Lipinski definition) is 1. The lowest BCUT2D eigenvalue weighted by molar-refractivity contribution is 0.0684. The summed E-state index contributed by atoms with van der Waals surface area (Å²) in [5.74, 6) is -0.500. The first kappa shape index (κ1) is 12.2. The molecule has 0 aliphatic heterocycles. The third kappa shape index (κ3) is 2.63. The summed E-state index contributed by atoms with van der Waals surface area (Å²) < 4.78 is 1.54. The zero-order chi connectivity index (χ0) is 13.4. The van der Waals surface area contributed by atoms with Crippen molar-refractivity contribution in [3.63, 3.8) is 0 Å². The summed E-state index contributed by atoms with van der Waals surface area (Å²) in [6.07, 6.45) is 2.21. The van der Waals surface area contributed by atoms with E-state index in [-0.39, 0.29) is 5.69 Å². The van der Waals surface area contributed by atoms with Crippen molar-refractivity contribution in [2.75, 3.05) is 0 Å². The van der Waals surface area contributed by atoms with Gasteiger partial charge in [0.2, 0.25) is 0 Å². The summed E-state index contributed by atoms with van der Waals surface area (Å²) in [7, 11) is 0. The average molecular weight is 277 g/mol. The Morgan fingerprint density at radius 3 is 2.84 bits per heavy atom. The van der Waals surface area contributed by atoms with Crippen LogP contribution in [0.15, 0.2) is 30.3 Å². The number of carboxylic acids is 1. The predicted molar refractivity (Wildman–Crippen MR) is 71.7 cm³/mol. The van der Waals surface area contributed by atoms with Crippen LogP contribution in [0.5, 0.6) is 0 Å². The van der Waals surface area contributed by atoms with Crippen LogP contribution in [0.4, 0.5) is 0 Å². The molecular weight excluding hydrogens is 264 g/mol. The number of hydrogen-bond acceptors (Lipinski definition) is 2. The Labute approximate surface area is 115 Å². The highest BCUT2D eigenvalue weighted by molar-refractivity contribution is 6.30. The minimum Gasteiger partial charge on any atom is -0.477 e. The number of rotatable bonds is 4. The van der Waals surface area contributed by atoms with E-state index < -0.39 is 5.97 Å². The highest BCUT2D eigenvalue weighted by Crippen LogP contribution is 2.39. The van der Waals surface area contributed by atoms with Gasteiger partial charge in [-0.25, -0.2) is 4.79 Å². The van der Waals surface area contributed by atoms with Crippen LogP contribution in [0.25, 0.3) is 0 Å². The SMILES string of the molecule is O=C(O)c1cc(C2CC2)nn1Cc1cccc(Cl)c1.